The highest BCUT2D eigenvalue weighted by Gasteiger charge is 2.25. The highest BCUT2D eigenvalue weighted by atomic mass is 35.5. The van der Waals surface area contributed by atoms with Gasteiger partial charge < -0.3 is 5.11 Å². The predicted octanol–water partition coefficient (Wildman–Crippen LogP) is 3.21. The topological polar surface area (TPSA) is 20.2 Å². The molecule has 86 valence electrons. The Morgan fingerprint density at radius 2 is 1.94 bits per heavy atom. The van der Waals surface area contributed by atoms with Crippen molar-refractivity contribution in [3.63, 3.8) is 0 Å². The minimum absolute atomic E-state index is 0.381. The van der Waals surface area contributed by atoms with Gasteiger partial charge in [-0.3, -0.25) is 0 Å². The van der Waals surface area contributed by atoms with Crippen LogP contribution in [0.2, 0.25) is 0 Å². The highest BCUT2D eigenvalue weighted by molar-refractivity contribution is 6.30. The molecule has 1 rings (SSSR count). The molecule has 0 amide bonds. The fourth-order valence-corrected chi connectivity index (χ4v) is 2.04. The van der Waals surface area contributed by atoms with Gasteiger partial charge >= 0.3 is 0 Å². The average molecular weight is 237 g/mol. The number of halogens is 1. The first-order chi connectivity index (χ1) is 7.56. The Balaban J connectivity index is 2.82. The van der Waals surface area contributed by atoms with Crippen molar-refractivity contribution < 1.29 is 5.11 Å². The van der Waals surface area contributed by atoms with E-state index in [1.165, 1.54) is 0 Å². The van der Waals surface area contributed by atoms with Gasteiger partial charge in [-0.1, -0.05) is 50.1 Å². The first-order valence-corrected chi connectivity index (χ1v) is 5.82. The van der Waals surface area contributed by atoms with Gasteiger partial charge in [0.15, 0.2) is 0 Å². The van der Waals surface area contributed by atoms with E-state index in [1.807, 2.05) is 30.3 Å². The van der Waals surface area contributed by atoms with Crippen molar-refractivity contribution in [1.82, 2.24) is 0 Å². The Kier molecular flexibility index (Phi) is 4.86. The standard InChI is InChI=1S/C14H17ClO/c1-12(2)10-14(16,8-9-15)11-13-6-4-3-5-7-13/h3-7,12,16H,10-11H2,1-2H3. The molecule has 0 aliphatic carbocycles. The molecule has 1 atom stereocenters. The maximum Gasteiger partial charge on any atom is 0.131 e. The molecule has 1 unspecified atom stereocenters. The largest absolute Gasteiger partial charge is 0.377 e. The van der Waals surface area contributed by atoms with E-state index in [-0.39, 0.29) is 0 Å². The maximum absolute atomic E-state index is 10.4. The normalized spacial score (nSPS) is 14.1. The van der Waals surface area contributed by atoms with Gasteiger partial charge in [0.2, 0.25) is 0 Å². The lowest BCUT2D eigenvalue weighted by Crippen LogP contribution is -2.31. The molecule has 0 aliphatic rings. The Bertz CT molecular complexity index is 375. The van der Waals surface area contributed by atoms with Gasteiger partial charge in [0.25, 0.3) is 0 Å². The van der Waals surface area contributed by atoms with Crippen LogP contribution in [0.4, 0.5) is 0 Å². The lowest BCUT2D eigenvalue weighted by atomic mass is 9.87. The molecule has 0 saturated carbocycles. The summed E-state index contributed by atoms with van der Waals surface area (Å²) in [7, 11) is 0. The van der Waals surface area contributed by atoms with Crippen molar-refractivity contribution in [3.8, 4) is 11.3 Å². The van der Waals surface area contributed by atoms with Crippen LogP contribution in [0.15, 0.2) is 30.3 Å². The van der Waals surface area contributed by atoms with E-state index in [0.717, 1.165) is 5.56 Å². The molecule has 2 heteroatoms. The number of hydrogen-bond donors (Lipinski definition) is 1. The predicted molar refractivity (Wildman–Crippen MR) is 68.2 cm³/mol. The van der Waals surface area contributed by atoms with Crippen LogP contribution in [0.25, 0.3) is 0 Å². The molecule has 1 aromatic carbocycles. The lowest BCUT2D eigenvalue weighted by Gasteiger charge is -2.24. The van der Waals surface area contributed by atoms with Gasteiger partial charge in [-0.05, 0) is 29.5 Å². The van der Waals surface area contributed by atoms with Crippen molar-refractivity contribution in [2.45, 2.75) is 32.3 Å². The van der Waals surface area contributed by atoms with Gasteiger partial charge in [0.05, 0.1) is 0 Å². The molecule has 0 fully saturated rings. The molecule has 0 aromatic heterocycles. The number of benzene rings is 1. The quantitative estimate of drug-likeness (QED) is 0.796. The van der Waals surface area contributed by atoms with E-state index in [1.54, 1.807) is 0 Å². The van der Waals surface area contributed by atoms with Crippen LogP contribution in [0, 0.1) is 17.2 Å². The smallest absolute Gasteiger partial charge is 0.131 e. The molecule has 1 aromatic rings. The first-order valence-electron chi connectivity index (χ1n) is 5.45. The zero-order valence-electron chi connectivity index (χ0n) is 9.70. The Morgan fingerprint density at radius 3 is 2.44 bits per heavy atom. The third-order valence-corrected chi connectivity index (χ3v) is 2.46. The SMILES string of the molecule is CC(C)CC(O)(C#CCl)Cc1ccccc1. The molecule has 0 spiro atoms. The molecular formula is C14H17ClO. The van der Waals surface area contributed by atoms with Crippen LogP contribution in [0.3, 0.4) is 0 Å². The summed E-state index contributed by atoms with van der Waals surface area (Å²) in [5.41, 5.74) is 0.0575. The molecule has 0 heterocycles. The second-order valence-electron chi connectivity index (χ2n) is 4.51. The van der Waals surface area contributed by atoms with Gasteiger partial charge in [-0.15, -0.1) is 0 Å². The molecule has 1 nitrogen and oxygen atoms in total. The zero-order valence-corrected chi connectivity index (χ0v) is 10.5. The third kappa shape index (κ3) is 4.26. The number of hydrogen-bond acceptors (Lipinski definition) is 1. The van der Waals surface area contributed by atoms with E-state index in [2.05, 4.69) is 25.1 Å². The van der Waals surface area contributed by atoms with Crippen molar-refractivity contribution in [2.75, 3.05) is 0 Å². The Labute approximate surface area is 102 Å². The highest BCUT2D eigenvalue weighted by Crippen LogP contribution is 2.21. The van der Waals surface area contributed by atoms with Gasteiger partial charge in [-0.2, -0.15) is 0 Å². The van der Waals surface area contributed by atoms with Crippen LogP contribution in [0.1, 0.15) is 25.8 Å². The fourth-order valence-electron chi connectivity index (χ4n) is 1.86. The lowest BCUT2D eigenvalue weighted by molar-refractivity contribution is 0.0785. The van der Waals surface area contributed by atoms with Crippen LogP contribution in [0.5, 0.6) is 0 Å². The summed E-state index contributed by atoms with van der Waals surface area (Å²) in [4.78, 5) is 0. The minimum atomic E-state index is -1.02. The van der Waals surface area contributed by atoms with Crippen molar-refractivity contribution in [3.05, 3.63) is 35.9 Å². The zero-order chi connectivity index (χ0) is 12.0. The van der Waals surface area contributed by atoms with Gasteiger partial charge in [-0.25, -0.2) is 0 Å². The molecule has 0 aliphatic heterocycles. The number of aliphatic hydroxyl groups is 1. The summed E-state index contributed by atoms with van der Waals surface area (Å²) in [5, 5.41) is 12.7. The maximum atomic E-state index is 10.4. The summed E-state index contributed by atoms with van der Waals surface area (Å²) in [5.74, 6) is 3.09. The molecular weight excluding hydrogens is 220 g/mol. The summed E-state index contributed by atoms with van der Waals surface area (Å²) >= 11 is 5.41. The Morgan fingerprint density at radius 1 is 1.31 bits per heavy atom. The van der Waals surface area contributed by atoms with E-state index >= 15 is 0 Å². The first kappa shape index (κ1) is 13.1. The molecule has 16 heavy (non-hydrogen) atoms. The van der Waals surface area contributed by atoms with Crippen LogP contribution in [-0.2, 0) is 6.42 Å². The van der Waals surface area contributed by atoms with Crippen molar-refractivity contribution in [1.29, 1.82) is 0 Å². The Hall–Kier alpha value is -0.970. The molecule has 0 radical (unpaired) electrons. The fraction of sp³-hybridized carbons (Fsp3) is 0.429. The van der Waals surface area contributed by atoms with Crippen molar-refractivity contribution >= 4 is 11.6 Å². The second kappa shape index (κ2) is 5.94. The third-order valence-electron chi connectivity index (χ3n) is 2.37. The van der Waals surface area contributed by atoms with Crippen LogP contribution < -0.4 is 0 Å². The summed E-state index contributed by atoms with van der Waals surface area (Å²) in [6, 6.07) is 9.85. The van der Waals surface area contributed by atoms with E-state index in [9.17, 15) is 5.11 Å². The van der Waals surface area contributed by atoms with Gasteiger partial charge in [0, 0.05) is 11.8 Å². The molecule has 1 N–H and O–H groups in total. The molecule has 0 saturated heterocycles. The van der Waals surface area contributed by atoms with E-state index < -0.39 is 5.60 Å². The summed E-state index contributed by atoms with van der Waals surface area (Å²) in [6.07, 6.45) is 1.15. The van der Waals surface area contributed by atoms with E-state index in [0.29, 0.717) is 18.8 Å². The minimum Gasteiger partial charge on any atom is -0.377 e. The number of rotatable bonds is 4. The van der Waals surface area contributed by atoms with E-state index in [4.69, 9.17) is 11.6 Å². The summed E-state index contributed by atoms with van der Waals surface area (Å²) in [6.45, 7) is 4.12. The van der Waals surface area contributed by atoms with Gasteiger partial charge in [0.1, 0.15) is 5.60 Å². The second-order valence-corrected chi connectivity index (χ2v) is 4.70. The summed E-state index contributed by atoms with van der Waals surface area (Å²) < 4.78 is 0. The van der Waals surface area contributed by atoms with Crippen LogP contribution in [-0.4, -0.2) is 10.7 Å². The monoisotopic (exact) mass is 236 g/mol. The average Bonchev–Trinajstić information content (AvgIpc) is 2.17. The van der Waals surface area contributed by atoms with Crippen LogP contribution >= 0.6 is 11.6 Å². The molecule has 0 bridgehead atoms. The van der Waals surface area contributed by atoms with Crippen molar-refractivity contribution in [2.24, 2.45) is 5.92 Å².